The minimum atomic E-state index is -0.151. The Morgan fingerprint density at radius 2 is 1.93 bits per heavy atom. The van der Waals surface area contributed by atoms with Gasteiger partial charge in [0.25, 0.3) is 0 Å². The van der Waals surface area contributed by atoms with E-state index < -0.39 is 0 Å². The van der Waals surface area contributed by atoms with Crippen molar-refractivity contribution in [3.05, 3.63) is 22.2 Å². The Morgan fingerprint density at radius 1 is 1.36 bits per heavy atom. The highest BCUT2D eigenvalue weighted by Gasteiger charge is 2.16. The summed E-state index contributed by atoms with van der Waals surface area (Å²) >= 11 is 0. The van der Waals surface area contributed by atoms with Crippen molar-refractivity contribution in [1.29, 1.82) is 0 Å². The first kappa shape index (κ1) is 10.8. The Morgan fingerprint density at radius 3 is 2.36 bits per heavy atom. The van der Waals surface area contributed by atoms with Gasteiger partial charge in [0, 0.05) is 0 Å². The number of hydrogen-bond acceptors (Lipinski definition) is 2. The van der Waals surface area contributed by atoms with Gasteiger partial charge in [0.1, 0.15) is 6.20 Å². The van der Waals surface area contributed by atoms with E-state index in [2.05, 4.69) is 18.8 Å². The van der Waals surface area contributed by atoms with Crippen LogP contribution in [-0.2, 0) is 0 Å². The molecule has 0 saturated heterocycles. The van der Waals surface area contributed by atoms with Crippen LogP contribution in [0.4, 0.5) is 5.82 Å². The van der Waals surface area contributed by atoms with Gasteiger partial charge in [0.2, 0.25) is 0 Å². The van der Waals surface area contributed by atoms with E-state index in [1.807, 2.05) is 20.0 Å². The standard InChI is InChI=1S/C10H17N3O/c1-6(2)8-5-13(7(3)4)10(14)12-9(8)11/h5-7H,1-4H3,(H2,11,12,14)/p+1. The second-order valence-electron chi connectivity index (χ2n) is 4.08. The maximum Gasteiger partial charge on any atom is 0.497 e. The van der Waals surface area contributed by atoms with Crippen LogP contribution in [0.1, 0.15) is 45.2 Å². The number of aromatic amines is 1. The summed E-state index contributed by atoms with van der Waals surface area (Å²) in [6.45, 7) is 8.04. The van der Waals surface area contributed by atoms with Crippen LogP contribution in [0.15, 0.2) is 11.0 Å². The van der Waals surface area contributed by atoms with Crippen LogP contribution in [-0.4, -0.2) is 4.98 Å². The van der Waals surface area contributed by atoms with Crippen molar-refractivity contribution in [3.8, 4) is 0 Å². The fourth-order valence-electron chi connectivity index (χ4n) is 1.37. The first-order valence-electron chi connectivity index (χ1n) is 4.87. The Kier molecular flexibility index (Phi) is 2.93. The van der Waals surface area contributed by atoms with Crippen LogP contribution in [0.25, 0.3) is 0 Å². The average Bonchev–Trinajstić information content (AvgIpc) is 2.02. The maximum atomic E-state index is 11.5. The molecular formula is C10H18N3O+. The maximum absolute atomic E-state index is 11.5. The zero-order valence-corrected chi connectivity index (χ0v) is 9.16. The van der Waals surface area contributed by atoms with Gasteiger partial charge in [-0.25, -0.2) is 0 Å². The Bertz CT molecular complexity index is 379. The van der Waals surface area contributed by atoms with E-state index in [0.29, 0.717) is 11.7 Å². The van der Waals surface area contributed by atoms with Crippen LogP contribution >= 0.6 is 0 Å². The highest BCUT2D eigenvalue weighted by molar-refractivity contribution is 5.37. The van der Waals surface area contributed by atoms with Crippen molar-refractivity contribution in [1.82, 2.24) is 4.98 Å². The Hall–Kier alpha value is -1.32. The molecule has 1 aromatic rings. The summed E-state index contributed by atoms with van der Waals surface area (Å²) in [4.78, 5) is 14.1. The monoisotopic (exact) mass is 196 g/mol. The summed E-state index contributed by atoms with van der Waals surface area (Å²) in [7, 11) is 0. The number of H-pyrrole nitrogens is 1. The van der Waals surface area contributed by atoms with Crippen molar-refractivity contribution < 1.29 is 4.57 Å². The molecule has 0 atom stereocenters. The Balaban J connectivity index is 3.35. The normalized spacial score (nSPS) is 11.3. The van der Waals surface area contributed by atoms with Crippen LogP contribution < -0.4 is 16.0 Å². The molecule has 0 radical (unpaired) electrons. The van der Waals surface area contributed by atoms with Gasteiger partial charge in [-0.15, -0.1) is 0 Å². The molecule has 0 aliphatic carbocycles. The zero-order chi connectivity index (χ0) is 10.9. The van der Waals surface area contributed by atoms with Gasteiger partial charge in [-0.05, 0) is 19.8 Å². The fourth-order valence-corrected chi connectivity index (χ4v) is 1.37. The van der Waals surface area contributed by atoms with Gasteiger partial charge < -0.3 is 5.73 Å². The third-order valence-electron chi connectivity index (χ3n) is 2.24. The predicted molar refractivity (Wildman–Crippen MR) is 56.1 cm³/mol. The molecule has 1 aromatic heterocycles. The zero-order valence-electron chi connectivity index (χ0n) is 9.16. The number of nitrogens with one attached hydrogen (secondary N) is 1. The lowest BCUT2D eigenvalue weighted by Gasteiger charge is -2.08. The molecule has 3 N–H and O–H groups in total. The second kappa shape index (κ2) is 3.82. The number of nitrogens with two attached hydrogens (primary N) is 1. The largest absolute Gasteiger partial charge is 0.497 e. The SMILES string of the molecule is CC(C)c1c[n+](C(C)C)c(=O)[nH]c1N. The molecule has 1 heterocycles. The van der Waals surface area contributed by atoms with E-state index in [0.717, 1.165) is 5.56 Å². The molecule has 14 heavy (non-hydrogen) atoms. The number of anilines is 1. The molecule has 0 aromatic carbocycles. The lowest BCUT2D eigenvalue weighted by Crippen LogP contribution is -2.53. The van der Waals surface area contributed by atoms with Gasteiger partial charge in [0.15, 0.2) is 5.82 Å². The minimum absolute atomic E-state index is 0.150. The molecule has 4 nitrogen and oxygen atoms in total. The summed E-state index contributed by atoms with van der Waals surface area (Å²) in [5.74, 6) is 0.791. The molecule has 4 heteroatoms. The summed E-state index contributed by atoms with van der Waals surface area (Å²) in [6, 6.07) is 0.150. The van der Waals surface area contributed by atoms with Gasteiger partial charge in [-0.3, -0.25) is 0 Å². The summed E-state index contributed by atoms with van der Waals surface area (Å²) in [5, 5.41) is 0. The van der Waals surface area contributed by atoms with Crippen molar-refractivity contribution >= 4 is 5.82 Å². The molecule has 78 valence electrons. The molecule has 0 fully saturated rings. The number of nitrogen functional groups attached to an aromatic ring is 1. The third kappa shape index (κ3) is 1.95. The highest BCUT2D eigenvalue weighted by atomic mass is 16.1. The fraction of sp³-hybridized carbons (Fsp3) is 0.600. The number of aromatic nitrogens is 2. The average molecular weight is 196 g/mol. The summed E-state index contributed by atoms with van der Waals surface area (Å²) in [5.41, 5.74) is 6.56. The summed E-state index contributed by atoms with van der Waals surface area (Å²) < 4.78 is 1.66. The number of nitrogens with zero attached hydrogens (tertiary/aromatic N) is 1. The van der Waals surface area contributed by atoms with Crippen molar-refractivity contribution in [2.45, 2.75) is 39.7 Å². The lowest BCUT2D eigenvalue weighted by atomic mass is 10.1. The van der Waals surface area contributed by atoms with E-state index in [1.165, 1.54) is 0 Å². The van der Waals surface area contributed by atoms with E-state index in [4.69, 9.17) is 5.73 Å². The van der Waals surface area contributed by atoms with Crippen LogP contribution in [0.3, 0.4) is 0 Å². The third-order valence-corrected chi connectivity index (χ3v) is 2.24. The van der Waals surface area contributed by atoms with Crippen LogP contribution in [0.5, 0.6) is 0 Å². The lowest BCUT2D eigenvalue weighted by molar-refractivity contribution is -0.732. The Labute approximate surface area is 83.8 Å². The summed E-state index contributed by atoms with van der Waals surface area (Å²) in [6.07, 6.45) is 1.84. The van der Waals surface area contributed by atoms with Gasteiger partial charge in [-0.1, -0.05) is 13.8 Å². The molecule has 0 spiro atoms. The minimum Gasteiger partial charge on any atom is -0.366 e. The van der Waals surface area contributed by atoms with Crippen molar-refractivity contribution in [2.24, 2.45) is 0 Å². The number of rotatable bonds is 2. The highest BCUT2D eigenvalue weighted by Crippen LogP contribution is 2.16. The predicted octanol–water partition coefficient (Wildman–Crippen LogP) is 0.949. The first-order valence-corrected chi connectivity index (χ1v) is 4.87. The molecule has 0 unspecified atom stereocenters. The van der Waals surface area contributed by atoms with Crippen molar-refractivity contribution in [2.75, 3.05) is 5.73 Å². The van der Waals surface area contributed by atoms with E-state index >= 15 is 0 Å². The molecule has 0 aliphatic heterocycles. The van der Waals surface area contributed by atoms with E-state index in [1.54, 1.807) is 4.57 Å². The van der Waals surface area contributed by atoms with Crippen molar-refractivity contribution in [3.63, 3.8) is 0 Å². The second-order valence-corrected chi connectivity index (χ2v) is 4.08. The molecule has 0 saturated carbocycles. The van der Waals surface area contributed by atoms with Gasteiger partial charge >= 0.3 is 5.69 Å². The molecule has 0 aliphatic rings. The van der Waals surface area contributed by atoms with E-state index in [9.17, 15) is 4.79 Å². The smallest absolute Gasteiger partial charge is 0.366 e. The molecular weight excluding hydrogens is 178 g/mol. The van der Waals surface area contributed by atoms with E-state index in [-0.39, 0.29) is 11.7 Å². The van der Waals surface area contributed by atoms with Crippen LogP contribution in [0.2, 0.25) is 0 Å². The first-order chi connectivity index (χ1) is 6.43. The van der Waals surface area contributed by atoms with Crippen LogP contribution in [0, 0.1) is 0 Å². The van der Waals surface area contributed by atoms with Gasteiger partial charge in [0.05, 0.1) is 11.6 Å². The topological polar surface area (TPSA) is 62.8 Å². The van der Waals surface area contributed by atoms with Gasteiger partial charge in [-0.2, -0.15) is 14.3 Å². The molecule has 1 rings (SSSR count). The number of hydrogen-bond donors (Lipinski definition) is 2. The quantitative estimate of drug-likeness (QED) is 0.692. The molecule has 0 bridgehead atoms. The molecule has 0 amide bonds.